The SMILES string of the molecule is CC(c1ccnnc1N)N(C)c1nc(OC[C@@]23CCCN2C[C@H](F)C3)nc(N2CC3(CCc4sc(N)c(C#N)c43)C2)c1C#N. The molecule has 0 aromatic carbocycles. The van der Waals surface area contributed by atoms with Crippen molar-refractivity contribution in [1.82, 2.24) is 25.1 Å². The van der Waals surface area contributed by atoms with E-state index in [1.165, 1.54) is 16.2 Å². The Labute approximate surface area is 259 Å². The minimum Gasteiger partial charge on any atom is -0.461 e. The van der Waals surface area contributed by atoms with Crippen molar-refractivity contribution in [1.29, 1.82) is 10.5 Å². The van der Waals surface area contributed by atoms with Crippen molar-refractivity contribution >= 4 is 33.8 Å². The van der Waals surface area contributed by atoms with Crippen molar-refractivity contribution in [2.24, 2.45) is 0 Å². The highest BCUT2D eigenvalue weighted by Gasteiger charge is 2.53. The number of fused-ring (bicyclic) bond motifs is 3. The molecule has 228 valence electrons. The maximum Gasteiger partial charge on any atom is 0.320 e. The molecule has 1 aliphatic carbocycles. The van der Waals surface area contributed by atoms with E-state index >= 15 is 0 Å². The molecule has 4 aliphatic rings. The smallest absolute Gasteiger partial charge is 0.320 e. The molecule has 3 saturated heterocycles. The lowest BCUT2D eigenvalue weighted by atomic mass is 9.74. The van der Waals surface area contributed by atoms with Crippen molar-refractivity contribution in [2.45, 2.75) is 62.2 Å². The Bertz CT molecular complexity index is 1710. The summed E-state index contributed by atoms with van der Waals surface area (Å²) in [6, 6.07) is 6.31. The average molecular weight is 616 g/mol. The van der Waals surface area contributed by atoms with Gasteiger partial charge in [0, 0.05) is 49.0 Å². The maximum atomic E-state index is 14.5. The molecule has 3 atom stereocenters. The highest BCUT2D eigenvalue weighted by atomic mass is 32.1. The van der Waals surface area contributed by atoms with E-state index in [4.69, 9.17) is 26.2 Å². The third-order valence-electron chi connectivity index (χ3n) is 10.1. The van der Waals surface area contributed by atoms with Crippen LogP contribution in [0.1, 0.15) is 65.8 Å². The van der Waals surface area contributed by atoms with Gasteiger partial charge < -0.3 is 26.0 Å². The lowest BCUT2D eigenvalue weighted by Gasteiger charge is -2.49. The fourth-order valence-corrected chi connectivity index (χ4v) is 8.93. The largest absolute Gasteiger partial charge is 0.461 e. The quantitative estimate of drug-likeness (QED) is 0.399. The standard InChI is InChI=1S/C30H34FN11OS/c1-17(19-5-8-36-39-24(19)34)40(2)26-21(12-33)27(38-28(37-26)43-16-30-6-3-9-42(30)13-18(31)10-30)41-14-29(15-41)7-4-22-23(29)20(11-32)25(35)44-22/h5,8,17-18H,3-4,6-7,9-10,13-16,35H2,1-2H3,(H2,34,39)/t17?,18-,30+/m1/s1. The van der Waals surface area contributed by atoms with E-state index in [0.29, 0.717) is 59.6 Å². The topological polar surface area (TPSA) is 170 Å². The lowest BCUT2D eigenvalue weighted by molar-refractivity contribution is 0.107. The second-order valence-corrected chi connectivity index (χ2v) is 13.7. The number of anilines is 4. The van der Waals surface area contributed by atoms with Crippen LogP contribution in [0.4, 0.5) is 26.8 Å². The third-order valence-corrected chi connectivity index (χ3v) is 11.2. The zero-order valence-corrected chi connectivity index (χ0v) is 25.6. The van der Waals surface area contributed by atoms with Gasteiger partial charge in [-0.1, -0.05) is 0 Å². The van der Waals surface area contributed by atoms with E-state index < -0.39 is 6.17 Å². The Morgan fingerprint density at radius 1 is 1.23 bits per heavy atom. The third kappa shape index (κ3) is 4.31. The number of rotatable bonds is 7. The molecular formula is C30H34FN11OS. The predicted molar refractivity (Wildman–Crippen MR) is 164 cm³/mol. The molecule has 0 amide bonds. The molecule has 14 heteroatoms. The van der Waals surface area contributed by atoms with Crippen molar-refractivity contribution in [3.8, 4) is 18.1 Å². The summed E-state index contributed by atoms with van der Waals surface area (Å²) in [5.74, 6) is 1.17. The normalized spacial score (nSPS) is 23.9. The van der Waals surface area contributed by atoms with Crippen LogP contribution >= 0.6 is 11.3 Å². The summed E-state index contributed by atoms with van der Waals surface area (Å²) in [4.78, 5) is 16.9. The number of aromatic nitrogens is 4. The van der Waals surface area contributed by atoms with Gasteiger partial charge in [0.05, 0.1) is 23.3 Å². The molecule has 6 heterocycles. The van der Waals surface area contributed by atoms with E-state index in [9.17, 15) is 14.9 Å². The van der Waals surface area contributed by atoms with E-state index in [1.807, 2.05) is 18.9 Å². The summed E-state index contributed by atoms with van der Waals surface area (Å²) in [5, 5.41) is 28.8. The molecule has 12 nitrogen and oxygen atoms in total. The first-order chi connectivity index (χ1) is 21.2. The van der Waals surface area contributed by atoms with E-state index in [0.717, 1.165) is 43.4 Å². The van der Waals surface area contributed by atoms with Crippen LogP contribution in [-0.4, -0.2) is 76.6 Å². The summed E-state index contributed by atoms with van der Waals surface area (Å²) in [7, 11) is 1.84. The van der Waals surface area contributed by atoms with Crippen molar-refractivity contribution < 1.29 is 9.13 Å². The van der Waals surface area contributed by atoms with Gasteiger partial charge in [0.15, 0.2) is 17.5 Å². The Morgan fingerprint density at radius 3 is 2.77 bits per heavy atom. The lowest BCUT2D eigenvalue weighted by Crippen LogP contribution is -2.59. The Balaban J connectivity index is 1.25. The number of ether oxygens (including phenoxy) is 1. The predicted octanol–water partition coefficient (Wildman–Crippen LogP) is 3.09. The number of halogens is 1. The van der Waals surface area contributed by atoms with Crippen LogP contribution < -0.4 is 26.0 Å². The van der Waals surface area contributed by atoms with Crippen molar-refractivity contribution in [3.63, 3.8) is 0 Å². The maximum absolute atomic E-state index is 14.5. The number of nitrogens with two attached hydrogens (primary N) is 2. The summed E-state index contributed by atoms with van der Waals surface area (Å²) in [6.45, 7) is 4.69. The van der Waals surface area contributed by atoms with E-state index in [2.05, 4.69) is 32.1 Å². The van der Waals surface area contributed by atoms with Crippen LogP contribution in [0.15, 0.2) is 12.3 Å². The van der Waals surface area contributed by atoms with Crippen LogP contribution in [0.3, 0.4) is 0 Å². The molecule has 3 aromatic rings. The van der Waals surface area contributed by atoms with Gasteiger partial charge in [0.25, 0.3) is 0 Å². The molecule has 3 fully saturated rings. The molecule has 7 rings (SSSR count). The number of alkyl halides is 1. The number of thiophene rings is 1. The van der Waals surface area contributed by atoms with Gasteiger partial charge in [-0.25, -0.2) is 4.39 Å². The van der Waals surface area contributed by atoms with Gasteiger partial charge in [0.1, 0.15) is 35.5 Å². The van der Waals surface area contributed by atoms with Crippen LogP contribution in [0.5, 0.6) is 6.01 Å². The first-order valence-corrected chi connectivity index (χ1v) is 15.7. The number of aryl methyl sites for hydroxylation is 1. The van der Waals surface area contributed by atoms with Gasteiger partial charge >= 0.3 is 6.01 Å². The second-order valence-electron chi connectivity index (χ2n) is 12.6. The number of hydrogen-bond donors (Lipinski definition) is 2. The van der Waals surface area contributed by atoms with Crippen LogP contribution in [0.2, 0.25) is 0 Å². The van der Waals surface area contributed by atoms with E-state index in [-0.39, 0.29) is 29.6 Å². The van der Waals surface area contributed by atoms with Gasteiger partial charge in [-0.3, -0.25) is 4.90 Å². The summed E-state index contributed by atoms with van der Waals surface area (Å²) < 4.78 is 20.8. The number of hydrogen-bond acceptors (Lipinski definition) is 13. The first-order valence-electron chi connectivity index (χ1n) is 14.9. The summed E-state index contributed by atoms with van der Waals surface area (Å²) >= 11 is 1.50. The Hall–Kier alpha value is -4.27. The van der Waals surface area contributed by atoms with Gasteiger partial charge in [-0.2, -0.15) is 25.6 Å². The molecule has 0 radical (unpaired) electrons. The molecule has 1 spiro atoms. The van der Waals surface area contributed by atoms with Crippen LogP contribution in [0.25, 0.3) is 0 Å². The van der Waals surface area contributed by atoms with Crippen LogP contribution in [-0.2, 0) is 11.8 Å². The van der Waals surface area contributed by atoms with Crippen LogP contribution in [0, 0.1) is 22.7 Å². The van der Waals surface area contributed by atoms with Gasteiger partial charge in [-0.05, 0) is 50.8 Å². The zero-order valence-electron chi connectivity index (χ0n) is 24.8. The molecule has 3 aromatic heterocycles. The second kappa shape index (κ2) is 10.4. The van der Waals surface area contributed by atoms with Gasteiger partial charge in [-0.15, -0.1) is 16.4 Å². The number of nitrogen functional groups attached to an aromatic ring is 2. The Kier molecular flexibility index (Phi) is 6.75. The van der Waals surface area contributed by atoms with E-state index in [1.54, 1.807) is 12.3 Å². The molecule has 44 heavy (non-hydrogen) atoms. The molecule has 4 N–H and O–H groups in total. The highest BCUT2D eigenvalue weighted by molar-refractivity contribution is 7.16. The molecule has 0 saturated carbocycles. The molecule has 3 aliphatic heterocycles. The fourth-order valence-electron chi connectivity index (χ4n) is 7.79. The molecular weight excluding hydrogens is 581 g/mol. The number of nitriles is 2. The molecule has 1 unspecified atom stereocenters. The highest BCUT2D eigenvalue weighted by Crippen LogP contribution is 2.53. The fraction of sp³-hybridized carbons (Fsp3) is 0.533. The Morgan fingerprint density at radius 2 is 2.02 bits per heavy atom. The average Bonchev–Trinajstić information content (AvgIpc) is 3.72. The first kappa shape index (κ1) is 28.5. The molecule has 0 bridgehead atoms. The summed E-state index contributed by atoms with van der Waals surface area (Å²) in [6.07, 6.45) is 4.78. The monoisotopic (exact) mass is 615 g/mol. The summed E-state index contributed by atoms with van der Waals surface area (Å²) in [5.41, 5.74) is 14.5. The van der Waals surface area contributed by atoms with Crippen molar-refractivity contribution in [3.05, 3.63) is 39.4 Å². The minimum absolute atomic E-state index is 0.142. The van der Waals surface area contributed by atoms with Gasteiger partial charge in [0.2, 0.25) is 0 Å². The number of nitrogens with zero attached hydrogens (tertiary/aromatic N) is 9. The minimum atomic E-state index is -0.878. The van der Waals surface area contributed by atoms with Crippen molar-refractivity contribution in [2.75, 3.05) is 61.1 Å². The zero-order chi connectivity index (χ0) is 30.8.